The Bertz CT molecular complexity index is 617. The number of nitriles is 1. The van der Waals surface area contributed by atoms with Gasteiger partial charge in [-0.3, -0.25) is 4.79 Å². The molecule has 1 amide bonds. The Morgan fingerprint density at radius 2 is 1.89 bits per heavy atom. The lowest BCUT2D eigenvalue weighted by Gasteiger charge is -2.21. The van der Waals surface area contributed by atoms with Crippen LogP contribution in [0, 0.1) is 11.3 Å². The second-order valence-corrected chi connectivity index (χ2v) is 3.89. The highest BCUT2D eigenvalue weighted by Gasteiger charge is 2.16. The number of rotatable bonds is 3. The molecular weight excluding hydrogens is 238 g/mol. The number of hydrogen-bond donors (Lipinski definition) is 1. The summed E-state index contributed by atoms with van der Waals surface area (Å²) < 4.78 is 0. The number of anilines is 1. The highest BCUT2D eigenvalue weighted by molar-refractivity contribution is 6.05. The van der Waals surface area contributed by atoms with Gasteiger partial charge >= 0.3 is 0 Å². The van der Waals surface area contributed by atoms with E-state index in [4.69, 9.17) is 5.26 Å². The zero-order valence-electron chi connectivity index (χ0n) is 10.5. The maximum atomic E-state index is 12.4. The molecule has 4 heteroatoms. The Morgan fingerprint density at radius 3 is 2.53 bits per heavy atom. The summed E-state index contributed by atoms with van der Waals surface area (Å²) in [7, 11) is 1.67. The van der Waals surface area contributed by atoms with E-state index >= 15 is 0 Å². The van der Waals surface area contributed by atoms with Gasteiger partial charge in [0.05, 0.1) is 17.3 Å². The summed E-state index contributed by atoms with van der Waals surface area (Å²) in [4.78, 5) is 12.4. The number of benzene rings is 2. The normalized spacial score (nSPS) is 9.68. The third-order valence-electron chi connectivity index (χ3n) is 2.68. The maximum absolute atomic E-state index is 12.4. The molecule has 0 heterocycles. The minimum Gasteiger partial charge on any atom is -0.267 e. The van der Waals surface area contributed by atoms with Crippen molar-refractivity contribution in [3.05, 3.63) is 65.7 Å². The fraction of sp³-hybridized carbons (Fsp3) is 0.0667. The van der Waals surface area contributed by atoms with Crippen LogP contribution >= 0.6 is 0 Å². The summed E-state index contributed by atoms with van der Waals surface area (Å²) in [6.07, 6.45) is 0. The molecule has 0 aliphatic carbocycles. The summed E-state index contributed by atoms with van der Waals surface area (Å²) in [5.74, 6) is -0.168. The van der Waals surface area contributed by atoms with Crippen LogP contribution < -0.4 is 10.4 Å². The van der Waals surface area contributed by atoms with E-state index in [2.05, 4.69) is 11.5 Å². The van der Waals surface area contributed by atoms with E-state index in [9.17, 15) is 4.79 Å². The number of carbonyl (C=O) groups is 1. The van der Waals surface area contributed by atoms with Gasteiger partial charge in [-0.05, 0) is 30.3 Å². The average molecular weight is 251 g/mol. The van der Waals surface area contributed by atoms with Crippen molar-refractivity contribution in [2.24, 2.45) is 0 Å². The molecule has 0 aromatic heterocycles. The van der Waals surface area contributed by atoms with Gasteiger partial charge in [-0.15, -0.1) is 0 Å². The van der Waals surface area contributed by atoms with Crippen LogP contribution in [0.4, 0.5) is 5.69 Å². The predicted molar refractivity (Wildman–Crippen MR) is 73.5 cm³/mol. The van der Waals surface area contributed by atoms with Gasteiger partial charge < -0.3 is 0 Å². The van der Waals surface area contributed by atoms with Crippen LogP contribution in [0.25, 0.3) is 0 Å². The quantitative estimate of drug-likeness (QED) is 0.852. The molecule has 0 fully saturated rings. The second kappa shape index (κ2) is 5.80. The number of hydrogen-bond acceptors (Lipinski definition) is 3. The summed E-state index contributed by atoms with van der Waals surface area (Å²) in [6, 6.07) is 17.9. The molecule has 19 heavy (non-hydrogen) atoms. The zero-order chi connectivity index (χ0) is 13.7. The number of carbonyl (C=O) groups excluding carboxylic acids is 1. The van der Waals surface area contributed by atoms with Gasteiger partial charge in [-0.2, -0.15) is 5.26 Å². The van der Waals surface area contributed by atoms with Gasteiger partial charge in [0.2, 0.25) is 0 Å². The standard InChI is InChI=1S/C15H13N3O/c1-17-18(14-9-5-6-12(10-14)11-16)15(19)13-7-3-2-4-8-13/h2-10,17H,1H3. The van der Waals surface area contributed by atoms with Gasteiger partial charge in [0.25, 0.3) is 5.91 Å². The molecule has 2 aromatic rings. The van der Waals surface area contributed by atoms with E-state index in [0.29, 0.717) is 16.8 Å². The maximum Gasteiger partial charge on any atom is 0.272 e. The van der Waals surface area contributed by atoms with E-state index in [0.717, 1.165) is 0 Å². The average Bonchev–Trinajstić information content (AvgIpc) is 2.49. The van der Waals surface area contributed by atoms with E-state index in [1.807, 2.05) is 18.2 Å². The summed E-state index contributed by atoms with van der Waals surface area (Å²) >= 11 is 0. The highest BCUT2D eigenvalue weighted by atomic mass is 16.2. The van der Waals surface area contributed by atoms with Gasteiger partial charge in [0, 0.05) is 12.6 Å². The number of nitrogens with zero attached hydrogens (tertiary/aromatic N) is 2. The molecule has 94 valence electrons. The van der Waals surface area contributed by atoms with Crippen LogP contribution in [0.3, 0.4) is 0 Å². The first kappa shape index (κ1) is 12.8. The van der Waals surface area contributed by atoms with Crippen molar-refractivity contribution in [2.75, 3.05) is 12.1 Å². The molecule has 1 N–H and O–H groups in total. The molecule has 2 rings (SSSR count). The van der Waals surface area contributed by atoms with Crippen molar-refractivity contribution in [1.29, 1.82) is 5.26 Å². The van der Waals surface area contributed by atoms with E-state index in [-0.39, 0.29) is 5.91 Å². The minimum atomic E-state index is -0.168. The number of hydrazine groups is 1. The SMILES string of the molecule is CNN(C(=O)c1ccccc1)c1cccc(C#N)c1. The summed E-state index contributed by atoms with van der Waals surface area (Å²) in [5, 5.41) is 10.3. The van der Waals surface area contributed by atoms with Crippen molar-refractivity contribution in [2.45, 2.75) is 0 Å². The lowest BCUT2D eigenvalue weighted by molar-refractivity contribution is 0.0977. The van der Waals surface area contributed by atoms with Crippen molar-refractivity contribution in [1.82, 2.24) is 5.43 Å². The lowest BCUT2D eigenvalue weighted by Crippen LogP contribution is -2.40. The molecule has 2 aromatic carbocycles. The molecule has 4 nitrogen and oxygen atoms in total. The first-order valence-electron chi connectivity index (χ1n) is 5.83. The number of nitrogens with one attached hydrogen (secondary N) is 1. The van der Waals surface area contributed by atoms with E-state index in [1.54, 1.807) is 43.4 Å². The number of amides is 1. The topological polar surface area (TPSA) is 56.1 Å². The van der Waals surface area contributed by atoms with Crippen molar-refractivity contribution < 1.29 is 4.79 Å². The van der Waals surface area contributed by atoms with Crippen molar-refractivity contribution in [3.8, 4) is 6.07 Å². The first-order chi connectivity index (χ1) is 9.26. The molecule has 0 aliphatic rings. The lowest BCUT2D eigenvalue weighted by atomic mass is 10.2. The molecular formula is C15H13N3O. The third-order valence-corrected chi connectivity index (χ3v) is 2.68. The third kappa shape index (κ3) is 2.79. The van der Waals surface area contributed by atoms with Crippen LogP contribution in [-0.4, -0.2) is 13.0 Å². The molecule has 0 saturated carbocycles. The summed E-state index contributed by atoms with van der Waals surface area (Å²) in [5.41, 5.74) is 4.57. The van der Waals surface area contributed by atoms with Gasteiger partial charge in [-0.1, -0.05) is 24.3 Å². The van der Waals surface area contributed by atoms with Crippen molar-refractivity contribution >= 4 is 11.6 Å². The Kier molecular flexibility index (Phi) is 3.91. The fourth-order valence-corrected chi connectivity index (χ4v) is 1.77. The van der Waals surface area contributed by atoms with Crippen molar-refractivity contribution in [3.63, 3.8) is 0 Å². The molecule has 0 aliphatic heterocycles. The fourth-order valence-electron chi connectivity index (χ4n) is 1.77. The zero-order valence-corrected chi connectivity index (χ0v) is 10.5. The Labute approximate surface area is 111 Å². The van der Waals surface area contributed by atoms with Gasteiger partial charge in [0.15, 0.2) is 0 Å². The minimum absolute atomic E-state index is 0.168. The predicted octanol–water partition coefficient (Wildman–Crippen LogP) is 2.34. The van der Waals surface area contributed by atoms with E-state index in [1.165, 1.54) is 5.01 Å². The first-order valence-corrected chi connectivity index (χ1v) is 5.83. The molecule has 0 saturated heterocycles. The molecule has 0 radical (unpaired) electrons. The largest absolute Gasteiger partial charge is 0.272 e. The van der Waals surface area contributed by atoms with Crippen LogP contribution in [0.2, 0.25) is 0 Å². The summed E-state index contributed by atoms with van der Waals surface area (Å²) in [6.45, 7) is 0. The van der Waals surface area contributed by atoms with E-state index < -0.39 is 0 Å². The highest BCUT2D eigenvalue weighted by Crippen LogP contribution is 2.16. The molecule has 0 bridgehead atoms. The Balaban J connectivity index is 2.35. The molecule has 0 spiro atoms. The van der Waals surface area contributed by atoms with Gasteiger partial charge in [0.1, 0.15) is 0 Å². The van der Waals surface area contributed by atoms with Crippen LogP contribution in [0.1, 0.15) is 15.9 Å². The van der Waals surface area contributed by atoms with Crippen LogP contribution in [-0.2, 0) is 0 Å². The Morgan fingerprint density at radius 1 is 1.16 bits per heavy atom. The van der Waals surface area contributed by atoms with Crippen LogP contribution in [0.15, 0.2) is 54.6 Å². The monoisotopic (exact) mass is 251 g/mol. The molecule has 0 atom stereocenters. The van der Waals surface area contributed by atoms with Crippen LogP contribution in [0.5, 0.6) is 0 Å². The molecule has 0 unspecified atom stereocenters. The smallest absolute Gasteiger partial charge is 0.267 e. The van der Waals surface area contributed by atoms with Gasteiger partial charge in [-0.25, -0.2) is 10.4 Å². The Hall–Kier alpha value is -2.64. The second-order valence-electron chi connectivity index (χ2n) is 3.89.